The minimum Gasteiger partial charge on any atom is -0.467 e. The van der Waals surface area contributed by atoms with Gasteiger partial charge in [-0.05, 0) is 36.4 Å². The summed E-state index contributed by atoms with van der Waals surface area (Å²) < 4.78 is 5.16. The van der Waals surface area contributed by atoms with E-state index in [0.717, 1.165) is 5.69 Å². The van der Waals surface area contributed by atoms with Crippen molar-refractivity contribution in [3.63, 3.8) is 0 Å². The van der Waals surface area contributed by atoms with E-state index in [-0.39, 0.29) is 24.2 Å². The molecule has 22 heavy (non-hydrogen) atoms. The molecular formula is C16H15ClN2O3. The number of benzene rings is 1. The largest absolute Gasteiger partial charge is 0.467 e. The second-order valence-electron chi connectivity index (χ2n) is 5.18. The van der Waals surface area contributed by atoms with Gasteiger partial charge in [-0.3, -0.25) is 9.59 Å². The van der Waals surface area contributed by atoms with E-state index in [1.807, 2.05) is 0 Å². The summed E-state index contributed by atoms with van der Waals surface area (Å²) in [5.41, 5.74) is 0.760. The van der Waals surface area contributed by atoms with Crippen molar-refractivity contribution in [1.82, 2.24) is 5.32 Å². The molecule has 2 amide bonds. The molecule has 0 radical (unpaired) electrons. The number of carbonyl (C=O) groups excluding carboxylic acids is 2. The fraction of sp³-hybridized carbons (Fsp3) is 0.250. The number of furan rings is 1. The Hall–Kier alpha value is -2.27. The highest BCUT2D eigenvalue weighted by atomic mass is 35.5. The quantitative estimate of drug-likeness (QED) is 0.942. The van der Waals surface area contributed by atoms with Crippen LogP contribution in [0, 0.1) is 5.92 Å². The van der Waals surface area contributed by atoms with Crippen LogP contribution in [0.4, 0.5) is 5.69 Å². The van der Waals surface area contributed by atoms with E-state index in [1.54, 1.807) is 47.6 Å². The molecule has 114 valence electrons. The molecule has 2 heterocycles. The molecule has 5 nitrogen and oxygen atoms in total. The van der Waals surface area contributed by atoms with Gasteiger partial charge >= 0.3 is 0 Å². The molecule has 1 aromatic heterocycles. The highest BCUT2D eigenvalue weighted by Gasteiger charge is 2.34. The van der Waals surface area contributed by atoms with Crippen LogP contribution in [0.25, 0.3) is 0 Å². The van der Waals surface area contributed by atoms with Crippen LogP contribution >= 0.6 is 11.6 Å². The standard InChI is InChI=1S/C16H15ClN2O3/c17-12-3-5-13(6-4-12)19-10-11(8-15(19)20)16(21)18-9-14-2-1-7-22-14/h1-7,11H,8-10H2,(H,18,21)/t11-/m0/s1. The zero-order valence-corrected chi connectivity index (χ0v) is 12.5. The fourth-order valence-corrected chi connectivity index (χ4v) is 2.61. The lowest BCUT2D eigenvalue weighted by Gasteiger charge is -2.16. The van der Waals surface area contributed by atoms with Crippen molar-refractivity contribution in [1.29, 1.82) is 0 Å². The maximum atomic E-state index is 12.2. The molecule has 1 N–H and O–H groups in total. The Morgan fingerprint density at radius 2 is 2.09 bits per heavy atom. The number of hydrogen-bond donors (Lipinski definition) is 1. The van der Waals surface area contributed by atoms with E-state index in [1.165, 1.54) is 0 Å². The Morgan fingerprint density at radius 1 is 1.32 bits per heavy atom. The molecule has 1 fully saturated rings. The molecule has 3 rings (SSSR count). The van der Waals surface area contributed by atoms with Crippen molar-refractivity contribution < 1.29 is 14.0 Å². The van der Waals surface area contributed by atoms with Crippen LogP contribution in [-0.2, 0) is 16.1 Å². The van der Waals surface area contributed by atoms with Crippen LogP contribution in [0.3, 0.4) is 0 Å². The second kappa shape index (κ2) is 6.23. The minimum absolute atomic E-state index is 0.0551. The minimum atomic E-state index is -0.349. The van der Waals surface area contributed by atoms with E-state index in [4.69, 9.17) is 16.0 Å². The Bertz CT molecular complexity index is 667. The third-order valence-electron chi connectivity index (χ3n) is 3.65. The number of hydrogen-bond acceptors (Lipinski definition) is 3. The fourth-order valence-electron chi connectivity index (χ4n) is 2.49. The number of halogens is 1. The van der Waals surface area contributed by atoms with E-state index in [0.29, 0.717) is 23.9 Å². The van der Waals surface area contributed by atoms with Crippen LogP contribution < -0.4 is 10.2 Å². The smallest absolute Gasteiger partial charge is 0.227 e. The summed E-state index contributed by atoms with van der Waals surface area (Å²) in [5.74, 6) is 0.145. The first-order valence-electron chi connectivity index (χ1n) is 6.99. The molecule has 0 aliphatic carbocycles. The van der Waals surface area contributed by atoms with Gasteiger partial charge in [-0.1, -0.05) is 11.6 Å². The first kappa shape index (κ1) is 14.7. The van der Waals surface area contributed by atoms with Crippen LogP contribution in [0.2, 0.25) is 5.02 Å². The molecule has 1 atom stereocenters. The zero-order chi connectivity index (χ0) is 15.5. The van der Waals surface area contributed by atoms with Gasteiger partial charge in [0.1, 0.15) is 5.76 Å². The summed E-state index contributed by atoms with van der Waals surface area (Å²) in [7, 11) is 0. The average Bonchev–Trinajstić information content (AvgIpc) is 3.15. The van der Waals surface area contributed by atoms with Gasteiger partial charge in [0, 0.05) is 23.7 Å². The van der Waals surface area contributed by atoms with Crippen LogP contribution in [0.15, 0.2) is 47.1 Å². The topological polar surface area (TPSA) is 62.6 Å². The lowest BCUT2D eigenvalue weighted by Crippen LogP contribution is -2.32. The SMILES string of the molecule is O=C(NCc1ccco1)[C@H]1CC(=O)N(c2ccc(Cl)cc2)C1. The van der Waals surface area contributed by atoms with Gasteiger partial charge in [0.15, 0.2) is 0 Å². The molecule has 1 saturated heterocycles. The number of nitrogens with zero attached hydrogens (tertiary/aromatic N) is 1. The summed E-state index contributed by atoms with van der Waals surface area (Å²) in [5, 5.41) is 3.41. The molecular weight excluding hydrogens is 304 g/mol. The Balaban J connectivity index is 1.61. The van der Waals surface area contributed by atoms with E-state index >= 15 is 0 Å². The van der Waals surface area contributed by atoms with Gasteiger partial charge in [-0.25, -0.2) is 0 Å². The molecule has 6 heteroatoms. The molecule has 0 saturated carbocycles. The van der Waals surface area contributed by atoms with Crippen molar-refractivity contribution in [2.24, 2.45) is 5.92 Å². The molecule has 0 unspecified atom stereocenters. The maximum absolute atomic E-state index is 12.2. The first-order valence-corrected chi connectivity index (χ1v) is 7.37. The highest BCUT2D eigenvalue weighted by molar-refractivity contribution is 6.30. The number of rotatable bonds is 4. The highest BCUT2D eigenvalue weighted by Crippen LogP contribution is 2.26. The lowest BCUT2D eigenvalue weighted by molar-refractivity contribution is -0.126. The third kappa shape index (κ3) is 3.14. The summed E-state index contributed by atoms with van der Waals surface area (Å²) in [6, 6.07) is 10.6. The summed E-state index contributed by atoms with van der Waals surface area (Å²) in [4.78, 5) is 25.9. The maximum Gasteiger partial charge on any atom is 0.227 e. The Labute approximate surface area is 132 Å². The van der Waals surface area contributed by atoms with E-state index in [9.17, 15) is 9.59 Å². The summed E-state index contributed by atoms with van der Waals surface area (Å²) in [6.45, 7) is 0.710. The lowest BCUT2D eigenvalue weighted by atomic mass is 10.1. The van der Waals surface area contributed by atoms with E-state index < -0.39 is 0 Å². The molecule has 1 aliphatic heterocycles. The predicted octanol–water partition coefficient (Wildman–Crippen LogP) is 2.60. The molecule has 0 bridgehead atoms. The monoisotopic (exact) mass is 318 g/mol. The second-order valence-corrected chi connectivity index (χ2v) is 5.62. The number of carbonyl (C=O) groups is 2. The zero-order valence-electron chi connectivity index (χ0n) is 11.8. The first-order chi connectivity index (χ1) is 10.6. The predicted molar refractivity (Wildman–Crippen MR) is 82.5 cm³/mol. The average molecular weight is 319 g/mol. The Kier molecular flexibility index (Phi) is 4.15. The number of nitrogens with one attached hydrogen (secondary N) is 1. The Morgan fingerprint density at radius 3 is 2.77 bits per heavy atom. The summed E-state index contributed by atoms with van der Waals surface area (Å²) >= 11 is 5.85. The normalized spacial score (nSPS) is 17.8. The number of amides is 2. The van der Waals surface area contributed by atoms with Gasteiger partial charge in [-0.2, -0.15) is 0 Å². The van der Waals surface area contributed by atoms with Crippen molar-refractivity contribution >= 4 is 29.1 Å². The van der Waals surface area contributed by atoms with Crippen molar-refractivity contribution in [3.8, 4) is 0 Å². The van der Waals surface area contributed by atoms with Gasteiger partial charge in [-0.15, -0.1) is 0 Å². The van der Waals surface area contributed by atoms with Gasteiger partial charge in [0.2, 0.25) is 11.8 Å². The van der Waals surface area contributed by atoms with Crippen molar-refractivity contribution in [2.75, 3.05) is 11.4 Å². The van der Waals surface area contributed by atoms with Crippen molar-refractivity contribution in [3.05, 3.63) is 53.4 Å². The van der Waals surface area contributed by atoms with Crippen LogP contribution in [0.1, 0.15) is 12.2 Å². The van der Waals surface area contributed by atoms with Gasteiger partial charge in [0.25, 0.3) is 0 Å². The summed E-state index contributed by atoms with van der Waals surface area (Å²) in [6.07, 6.45) is 1.77. The van der Waals surface area contributed by atoms with Gasteiger partial charge < -0.3 is 14.6 Å². The molecule has 1 aromatic carbocycles. The molecule has 0 spiro atoms. The molecule has 1 aliphatic rings. The van der Waals surface area contributed by atoms with Crippen LogP contribution in [-0.4, -0.2) is 18.4 Å². The van der Waals surface area contributed by atoms with Crippen molar-refractivity contribution in [2.45, 2.75) is 13.0 Å². The number of anilines is 1. The molecule has 2 aromatic rings. The third-order valence-corrected chi connectivity index (χ3v) is 3.90. The van der Waals surface area contributed by atoms with E-state index in [2.05, 4.69) is 5.32 Å². The van der Waals surface area contributed by atoms with Crippen LogP contribution in [0.5, 0.6) is 0 Å². The van der Waals surface area contributed by atoms with Gasteiger partial charge in [0.05, 0.1) is 18.7 Å².